The Kier molecular flexibility index (Phi) is 2.84. The summed E-state index contributed by atoms with van der Waals surface area (Å²) in [5.41, 5.74) is 0. The van der Waals surface area contributed by atoms with E-state index >= 15 is 0 Å². The van der Waals surface area contributed by atoms with Crippen LogP contribution in [0.25, 0.3) is 10.8 Å². The molecule has 3 nitrogen and oxygen atoms in total. The number of primary sulfonamides is 1. The molecule has 0 amide bonds. The van der Waals surface area contributed by atoms with E-state index in [1.165, 1.54) is 6.07 Å². The fourth-order valence-corrected chi connectivity index (χ4v) is 3.00. The number of nitrogens with two attached hydrogens (primary N) is 1. The Labute approximate surface area is 103 Å². The van der Waals surface area contributed by atoms with E-state index in [2.05, 4.69) is 0 Å². The topological polar surface area (TPSA) is 60.2 Å². The van der Waals surface area contributed by atoms with Crippen LogP contribution in [0.3, 0.4) is 0 Å². The van der Waals surface area contributed by atoms with Gasteiger partial charge < -0.3 is 0 Å². The van der Waals surface area contributed by atoms with Gasteiger partial charge >= 0.3 is 0 Å². The third-order valence-corrected chi connectivity index (χ3v) is 3.97. The van der Waals surface area contributed by atoms with Crippen molar-refractivity contribution in [2.24, 2.45) is 5.14 Å². The maximum Gasteiger partial charge on any atom is 0.239 e. The van der Waals surface area contributed by atoms with Crippen LogP contribution >= 0.6 is 23.2 Å². The highest BCUT2D eigenvalue weighted by atomic mass is 35.5. The van der Waals surface area contributed by atoms with Crippen molar-refractivity contribution in [2.45, 2.75) is 4.90 Å². The maximum absolute atomic E-state index is 11.3. The molecule has 0 atom stereocenters. The summed E-state index contributed by atoms with van der Waals surface area (Å²) in [5, 5.41) is 6.72. The Hall–Kier alpha value is -0.810. The smallest absolute Gasteiger partial charge is 0.225 e. The summed E-state index contributed by atoms with van der Waals surface area (Å²) in [4.78, 5) is -0.155. The van der Waals surface area contributed by atoms with Crippen LogP contribution in [-0.2, 0) is 10.0 Å². The van der Waals surface area contributed by atoms with E-state index in [4.69, 9.17) is 28.3 Å². The average Bonchev–Trinajstić information content (AvgIpc) is 2.22. The molecule has 0 aliphatic heterocycles. The molecule has 84 valence electrons. The van der Waals surface area contributed by atoms with Gasteiger partial charge in [-0.2, -0.15) is 0 Å². The van der Waals surface area contributed by atoms with Crippen molar-refractivity contribution in [3.05, 3.63) is 40.4 Å². The number of hydrogen-bond acceptors (Lipinski definition) is 2. The highest BCUT2D eigenvalue weighted by Gasteiger charge is 2.17. The molecule has 0 saturated heterocycles. The van der Waals surface area contributed by atoms with Gasteiger partial charge in [-0.15, -0.1) is 0 Å². The number of benzene rings is 2. The van der Waals surface area contributed by atoms with Crippen molar-refractivity contribution in [1.82, 2.24) is 0 Å². The van der Waals surface area contributed by atoms with Gasteiger partial charge in [0.1, 0.15) is 4.90 Å². The molecule has 2 rings (SSSR count). The fourth-order valence-electron chi connectivity index (χ4n) is 1.48. The zero-order valence-corrected chi connectivity index (χ0v) is 10.3. The van der Waals surface area contributed by atoms with Crippen molar-refractivity contribution >= 4 is 44.0 Å². The summed E-state index contributed by atoms with van der Waals surface area (Å²) in [6.07, 6.45) is 0. The van der Waals surface area contributed by atoms with Crippen LogP contribution in [0.4, 0.5) is 0 Å². The van der Waals surface area contributed by atoms with Crippen molar-refractivity contribution in [1.29, 1.82) is 0 Å². The lowest BCUT2D eigenvalue weighted by Crippen LogP contribution is -2.12. The molecule has 6 heteroatoms. The van der Waals surface area contributed by atoms with Crippen LogP contribution in [-0.4, -0.2) is 8.42 Å². The Morgan fingerprint density at radius 3 is 2.19 bits per heavy atom. The first kappa shape index (κ1) is 11.7. The number of sulfonamides is 1. The van der Waals surface area contributed by atoms with Crippen molar-refractivity contribution in [2.75, 3.05) is 0 Å². The van der Waals surface area contributed by atoms with E-state index in [1.807, 2.05) is 0 Å². The lowest BCUT2D eigenvalue weighted by atomic mass is 10.1. The summed E-state index contributed by atoms with van der Waals surface area (Å²) >= 11 is 11.9. The quantitative estimate of drug-likeness (QED) is 0.870. The summed E-state index contributed by atoms with van der Waals surface area (Å²) in [5.74, 6) is 0. The molecule has 0 saturated carbocycles. The molecule has 2 N–H and O–H groups in total. The second-order valence-corrected chi connectivity index (χ2v) is 5.58. The van der Waals surface area contributed by atoms with E-state index in [9.17, 15) is 8.42 Å². The molecular formula is C10H7Cl2NO2S. The molecule has 0 aliphatic rings. The predicted molar refractivity (Wildman–Crippen MR) is 65.3 cm³/mol. The largest absolute Gasteiger partial charge is 0.239 e. The van der Waals surface area contributed by atoms with Crippen molar-refractivity contribution in [3.63, 3.8) is 0 Å². The van der Waals surface area contributed by atoms with E-state index in [1.54, 1.807) is 24.3 Å². The molecule has 0 spiro atoms. The molecule has 2 aromatic carbocycles. The highest BCUT2D eigenvalue weighted by Crippen LogP contribution is 2.34. The normalized spacial score (nSPS) is 11.9. The van der Waals surface area contributed by atoms with Gasteiger partial charge in [0.2, 0.25) is 10.0 Å². The van der Waals surface area contributed by atoms with Gasteiger partial charge in [0.05, 0.1) is 5.02 Å². The molecule has 0 radical (unpaired) electrons. The Bertz CT molecular complexity index is 668. The third-order valence-electron chi connectivity index (χ3n) is 2.20. The standard InChI is InChI=1S/C10H7Cl2NO2S/c11-8-5-9(16(13,14)15)10(12)7-4-2-1-3-6(7)8/h1-5H,(H2,13,14,15). The molecule has 16 heavy (non-hydrogen) atoms. The molecule has 0 heterocycles. The first-order valence-corrected chi connectivity index (χ1v) is 6.61. The molecular weight excluding hydrogens is 269 g/mol. The Balaban J connectivity index is 2.97. The predicted octanol–water partition coefficient (Wildman–Crippen LogP) is 2.79. The lowest BCUT2D eigenvalue weighted by molar-refractivity contribution is 0.598. The lowest BCUT2D eigenvalue weighted by Gasteiger charge is -2.07. The summed E-state index contributed by atoms with van der Waals surface area (Å²) < 4.78 is 22.6. The van der Waals surface area contributed by atoms with Crippen molar-refractivity contribution < 1.29 is 8.42 Å². The number of fused-ring (bicyclic) bond motifs is 1. The van der Waals surface area contributed by atoms with E-state index in [0.29, 0.717) is 15.8 Å². The monoisotopic (exact) mass is 275 g/mol. The molecule has 0 aromatic heterocycles. The second-order valence-electron chi connectivity index (χ2n) is 3.26. The maximum atomic E-state index is 11.3. The Morgan fingerprint density at radius 1 is 1.06 bits per heavy atom. The molecule has 2 aromatic rings. The van der Waals surface area contributed by atoms with Gasteiger partial charge in [0.25, 0.3) is 0 Å². The second kappa shape index (κ2) is 3.89. The van der Waals surface area contributed by atoms with Gasteiger partial charge in [-0.3, -0.25) is 0 Å². The van der Waals surface area contributed by atoms with E-state index in [-0.39, 0.29) is 9.92 Å². The van der Waals surface area contributed by atoms with Crippen LogP contribution in [0.15, 0.2) is 35.2 Å². The van der Waals surface area contributed by atoms with Crippen LogP contribution in [0.5, 0.6) is 0 Å². The van der Waals surface area contributed by atoms with Gasteiger partial charge in [0, 0.05) is 15.8 Å². The summed E-state index contributed by atoms with van der Waals surface area (Å²) in [6, 6.07) is 8.26. The minimum atomic E-state index is -3.86. The van der Waals surface area contributed by atoms with E-state index < -0.39 is 10.0 Å². The Morgan fingerprint density at radius 2 is 1.62 bits per heavy atom. The zero-order valence-electron chi connectivity index (χ0n) is 7.94. The molecule has 0 unspecified atom stereocenters. The van der Waals surface area contributed by atoms with Crippen LogP contribution in [0.2, 0.25) is 10.0 Å². The molecule has 0 aliphatic carbocycles. The highest BCUT2D eigenvalue weighted by molar-refractivity contribution is 7.89. The van der Waals surface area contributed by atoms with Gasteiger partial charge in [-0.1, -0.05) is 47.5 Å². The number of rotatable bonds is 1. The summed E-state index contributed by atoms with van der Waals surface area (Å²) in [6.45, 7) is 0. The minimum absolute atomic E-state index is 0.0995. The average molecular weight is 276 g/mol. The van der Waals surface area contributed by atoms with E-state index in [0.717, 1.165) is 0 Å². The number of hydrogen-bond donors (Lipinski definition) is 1. The van der Waals surface area contributed by atoms with Crippen LogP contribution in [0, 0.1) is 0 Å². The fraction of sp³-hybridized carbons (Fsp3) is 0. The minimum Gasteiger partial charge on any atom is -0.225 e. The number of halogens is 2. The van der Waals surface area contributed by atoms with Crippen molar-refractivity contribution in [3.8, 4) is 0 Å². The molecule has 0 fully saturated rings. The van der Waals surface area contributed by atoms with Gasteiger partial charge in [-0.25, -0.2) is 13.6 Å². The summed E-state index contributed by atoms with van der Waals surface area (Å²) in [7, 11) is -3.86. The third kappa shape index (κ3) is 1.89. The zero-order chi connectivity index (χ0) is 11.9. The molecule has 0 bridgehead atoms. The first-order valence-electron chi connectivity index (χ1n) is 4.31. The van der Waals surface area contributed by atoms with Crippen LogP contribution in [0.1, 0.15) is 0 Å². The van der Waals surface area contributed by atoms with Gasteiger partial charge in [-0.05, 0) is 6.07 Å². The SMILES string of the molecule is NS(=O)(=O)c1cc(Cl)c2ccccc2c1Cl. The van der Waals surface area contributed by atoms with Crippen LogP contribution < -0.4 is 5.14 Å². The van der Waals surface area contributed by atoms with Gasteiger partial charge in [0.15, 0.2) is 0 Å². The first-order chi connectivity index (χ1) is 7.41.